The number of carbonyl (C=O) groups is 2. The number of rotatable bonds is 6. The summed E-state index contributed by atoms with van der Waals surface area (Å²) in [6.45, 7) is 4.03. The molecule has 1 saturated heterocycles. The standard InChI is InChI=1S/C23H26N4O2.CH2O2/c1-17-15-24-22(23(28)25-16-19-7-11-29-12-8-19)14-20(17)13-18-3-5-21(6-4-18)27-10-2-9-26-27;2-1-3/h2-6,9-10,14-15,19H,7-8,11-13,16H2,1H3,(H,25,28);1H,(H,2,3). The summed E-state index contributed by atoms with van der Waals surface area (Å²) in [4.78, 5) is 25.3. The van der Waals surface area contributed by atoms with Crippen LogP contribution in [0, 0.1) is 12.8 Å². The lowest BCUT2D eigenvalue weighted by Crippen LogP contribution is -2.32. The highest BCUT2D eigenvalue weighted by Crippen LogP contribution is 2.17. The maximum atomic E-state index is 12.6. The maximum Gasteiger partial charge on any atom is 0.290 e. The predicted molar refractivity (Wildman–Crippen MR) is 120 cm³/mol. The molecule has 0 saturated carbocycles. The molecular weight excluding hydrogens is 408 g/mol. The van der Waals surface area contributed by atoms with Crippen LogP contribution in [0.5, 0.6) is 0 Å². The lowest BCUT2D eigenvalue weighted by molar-refractivity contribution is -0.122. The number of carboxylic acid groups (broad SMARTS) is 1. The first kappa shape index (κ1) is 23.1. The number of nitrogens with one attached hydrogen (secondary N) is 1. The number of hydrogen-bond donors (Lipinski definition) is 2. The molecule has 2 aromatic heterocycles. The van der Waals surface area contributed by atoms with Crippen LogP contribution in [-0.2, 0) is 16.0 Å². The Morgan fingerprint density at radius 1 is 1.28 bits per heavy atom. The number of benzene rings is 1. The molecule has 0 aliphatic carbocycles. The second-order valence-electron chi connectivity index (χ2n) is 7.66. The fraction of sp³-hybridized carbons (Fsp3) is 0.333. The number of hydrogen-bond acceptors (Lipinski definition) is 5. The average Bonchev–Trinajstić information content (AvgIpc) is 3.36. The molecule has 0 unspecified atom stereocenters. The van der Waals surface area contributed by atoms with Gasteiger partial charge < -0.3 is 15.2 Å². The van der Waals surface area contributed by atoms with Gasteiger partial charge in [-0.2, -0.15) is 5.10 Å². The largest absolute Gasteiger partial charge is 0.483 e. The Hall–Kier alpha value is -3.52. The molecule has 1 aromatic carbocycles. The van der Waals surface area contributed by atoms with Crippen LogP contribution < -0.4 is 5.32 Å². The van der Waals surface area contributed by atoms with Crippen molar-refractivity contribution in [2.75, 3.05) is 19.8 Å². The predicted octanol–water partition coefficient (Wildman–Crippen LogP) is 3.02. The van der Waals surface area contributed by atoms with Crippen LogP contribution >= 0.6 is 0 Å². The number of nitrogens with zero attached hydrogens (tertiary/aromatic N) is 3. The van der Waals surface area contributed by atoms with Crippen LogP contribution in [-0.4, -0.2) is 52.0 Å². The fourth-order valence-corrected chi connectivity index (χ4v) is 3.57. The number of pyridine rings is 1. The molecule has 0 atom stereocenters. The van der Waals surface area contributed by atoms with Crippen LogP contribution in [0.1, 0.15) is 40.0 Å². The Bertz CT molecular complexity index is 997. The van der Waals surface area contributed by atoms with E-state index in [1.807, 2.05) is 29.9 Å². The van der Waals surface area contributed by atoms with E-state index >= 15 is 0 Å². The van der Waals surface area contributed by atoms with Crippen molar-refractivity contribution in [3.05, 3.63) is 77.4 Å². The van der Waals surface area contributed by atoms with Gasteiger partial charge in [-0.3, -0.25) is 14.6 Å². The highest BCUT2D eigenvalue weighted by Gasteiger charge is 2.16. The molecule has 32 heavy (non-hydrogen) atoms. The van der Waals surface area contributed by atoms with E-state index in [4.69, 9.17) is 14.6 Å². The molecule has 3 aromatic rings. The van der Waals surface area contributed by atoms with E-state index in [0.717, 1.165) is 49.3 Å². The quantitative estimate of drug-likeness (QED) is 0.576. The molecule has 0 bridgehead atoms. The minimum absolute atomic E-state index is 0.105. The monoisotopic (exact) mass is 436 g/mol. The van der Waals surface area contributed by atoms with E-state index in [1.165, 1.54) is 5.56 Å². The van der Waals surface area contributed by atoms with Crippen LogP contribution in [0.2, 0.25) is 0 Å². The van der Waals surface area contributed by atoms with E-state index in [-0.39, 0.29) is 12.4 Å². The molecule has 3 heterocycles. The third-order valence-corrected chi connectivity index (χ3v) is 5.44. The second-order valence-corrected chi connectivity index (χ2v) is 7.66. The van der Waals surface area contributed by atoms with Crippen molar-refractivity contribution in [1.82, 2.24) is 20.1 Å². The smallest absolute Gasteiger partial charge is 0.290 e. The van der Waals surface area contributed by atoms with Gasteiger partial charge in [-0.15, -0.1) is 0 Å². The van der Waals surface area contributed by atoms with Crippen LogP contribution in [0.3, 0.4) is 0 Å². The number of aryl methyl sites for hydroxylation is 1. The Morgan fingerprint density at radius 3 is 2.66 bits per heavy atom. The van der Waals surface area contributed by atoms with Crippen LogP contribution in [0.4, 0.5) is 0 Å². The molecule has 1 fully saturated rings. The Kier molecular flexibility index (Phi) is 8.51. The summed E-state index contributed by atoms with van der Waals surface area (Å²) < 4.78 is 7.21. The molecule has 0 spiro atoms. The minimum Gasteiger partial charge on any atom is -0.483 e. The number of ether oxygens (including phenoxy) is 1. The van der Waals surface area contributed by atoms with E-state index in [9.17, 15) is 4.79 Å². The Morgan fingerprint density at radius 2 is 2.00 bits per heavy atom. The van der Waals surface area contributed by atoms with Gasteiger partial charge in [0.15, 0.2) is 0 Å². The summed E-state index contributed by atoms with van der Waals surface area (Å²) in [7, 11) is 0. The number of carbonyl (C=O) groups excluding carboxylic acids is 1. The molecule has 1 aliphatic rings. The summed E-state index contributed by atoms with van der Waals surface area (Å²) in [5.41, 5.74) is 4.89. The fourth-order valence-electron chi connectivity index (χ4n) is 3.57. The summed E-state index contributed by atoms with van der Waals surface area (Å²) in [6.07, 6.45) is 8.24. The summed E-state index contributed by atoms with van der Waals surface area (Å²) >= 11 is 0. The third-order valence-electron chi connectivity index (χ3n) is 5.44. The summed E-state index contributed by atoms with van der Waals surface area (Å²) in [5.74, 6) is 0.387. The van der Waals surface area contributed by atoms with Gasteiger partial charge in [0.1, 0.15) is 5.69 Å². The topological polar surface area (TPSA) is 106 Å². The maximum absolute atomic E-state index is 12.6. The SMILES string of the molecule is Cc1cnc(C(=O)NCC2CCOCC2)cc1Cc1ccc(-n2cccn2)cc1.O=CO. The number of aromatic nitrogens is 3. The molecule has 2 N–H and O–H groups in total. The normalized spacial score (nSPS) is 13.7. The average molecular weight is 437 g/mol. The molecule has 4 rings (SSSR count). The molecule has 1 aliphatic heterocycles. The molecule has 1 amide bonds. The van der Waals surface area contributed by atoms with E-state index in [0.29, 0.717) is 18.2 Å². The Balaban J connectivity index is 0.000000913. The highest BCUT2D eigenvalue weighted by molar-refractivity contribution is 5.92. The van der Waals surface area contributed by atoms with Crippen LogP contribution in [0.15, 0.2) is 55.0 Å². The van der Waals surface area contributed by atoms with Crippen molar-refractivity contribution in [1.29, 1.82) is 0 Å². The zero-order valence-electron chi connectivity index (χ0n) is 18.1. The van der Waals surface area contributed by atoms with Crippen molar-refractivity contribution in [3.8, 4) is 5.69 Å². The van der Waals surface area contributed by atoms with Gasteiger partial charge in [-0.05, 0) is 73.1 Å². The Labute approximate surface area is 187 Å². The van der Waals surface area contributed by atoms with Gasteiger partial charge in [-0.1, -0.05) is 12.1 Å². The van der Waals surface area contributed by atoms with Gasteiger partial charge >= 0.3 is 0 Å². The van der Waals surface area contributed by atoms with Crippen molar-refractivity contribution in [2.24, 2.45) is 5.92 Å². The zero-order chi connectivity index (χ0) is 22.8. The van der Waals surface area contributed by atoms with Crippen molar-refractivity contribution >= 4 is 12.4 Å². The van der Waals surface area contributed by atoms with Gasteiger partial charge in [0.05, 0.1) is 5.69 Å². The van der Waals surface area contributed by atoms with Crippen LogP contribution in [0.25, 0.3) is 5.69 Å². The zero-order valence-corrected chi connectivity index (χ0v) is 18.1. The van der Waals surface area contributed by atoms with E-state index in [1.54, 1.807) is 12.4 Å². The molecule has 8 nitrogen and oxygen atoms in total. The van der Waals surface area contributed by atoms with Crippen molar-refractivity contribution < 1.29 is 19.4 Å². The first-order valence-electron chi connectivity index (χ1n) is 10.6. The first-order chi connectivity index (χ1) is 15.6. The summed E-state index contributed by atoms with van der Waals surface area (Å²) in [5, 5.41) is 14.2. The first-order valence-corrected chi connectivity index (χ1v) is 10.6. The minimum atomic E-state index is -0.250. The molecular formula is C24H28N4O4. The van der Waals surface area contributed by atoms with E-state index < -0.39 is 0 Å². The third kappa shape index (κ3) is 6.49. The van der Waals surface area contributed by atoms with E-state index in [2.05, 4.69) is 39.7 Å². The number of amides is 1. The lowest BCUT2D eigenvalue weighted by Gasteiger charge is -2.22. The lowest BCUT2D eigenvalue weighted by atomic mass is 10.00. The van der Waals surface area contributed by atoms with Gasteiger partial charge in [0.25, 0.3) is 12.4 Å². The van der Waals surface area contributed by atoms with Gasteiger partial charge in [0.2, 0.25) is 0 Å². The highest BCUT2D eigenvalue weighted by atomic mass is 16.5. The second kappa shape index (κ2) is 11.8. The molecule has 8 heteroatoms. The van der Waals surface area contributed by atoms with Crippen molar-refractivity contribution in [2.45, 2.75) is 26.2 Å². The molecule has 168 valence electrons. The van der Waals surface area contributed by atoms with Crippen molar-refractivity contribution in [3.63, 3.8) is 0 Å². The summed E-state index contributed by atoms with van der Waals surface area (Å²) in [6, 6.07) is 12.1. The van der Waals surface area contributed by atoms with Gasteiger partial charge in [0, 0.05) is 38.3 Å². The molecule has 0 radical (unpaired) electrons. The van der Waals surface area contributed by atoms with Gasteiger partial charge in [-0.25, -0.2) is 4.68 Å².